The van der Waals surface area contributed by atoms with Gasteiger partial charge in [-0.25, -0.2) is 4.39 Å². The summed E-state index contributed by atoms with van der Waals surface area (Å²) in [7, 11) is 0. The number of hydrogen-bond acceptors (Lipinski definition) is 3. The van der Waals surface area contributed by atoms with Crippen molar-refractivity contribution in [2.24, 2.45) is 5.73 Å². The first-order valence-corrected chi connectivity index (χ1v) is 9.22. The predicted molar refractivity (Wildman–Crippen MR) is 105 cm³/mol. The molecule has 4 rings (SSSR count). The van der Waals surface area contributed by atoms with Crippen LogP contribution < -0.4 is 10.6 Å². The number of nitrogens with zero attached hydrogens (tertiary/aromatic N) is 2. The van der Waals surface area contributed by atoms with Gasteiger partial charge < -0.3 is 15.6 Å². The van der Waals surface area contributed by atoms with Crippen LogP contribution in [0.4, 0.5) is 10.1 Å². The molecule has 1 aliphatic rings. The van der Waals surface area contributed by atoms with E-state index in [0.717, 1.165) is 44.8 Å². The summed E-state index contributed by atoms with van der Waals surface area (Å²) < 4.78 is 13.1. The van der Waals surface area contributed by atoms with E-state index in [1.807, 2.05) is 18.2 Å². The summed E-state index contributed by atoms with van der Waals surface area (Å²) in [4.78, 5) is 8.06. The largest absolute Gasteiger partial charge is 0.369 e. The Kier molecular flexibility index (Phi) is 4.91. The first-order chi connectivity index (χ1) is 12.7. The topological polar surface area (TPSA) is 48.3 Å². The zero-order chi connectivity index (χ0) is 17.9. The van der Waals surface area contributed by atoms with Crippen molar-refractivity contribution in [3.05, 3.63) is 66.1 Å². The van der Waals surface area contributed by atoms with E-state index in [9.17, 15) is 4.39 Å². The SMILES string of the molecule is N[C@@H](Cc1c[nH]c2ccccc12)CN1CCN(c2ccc(F)cc2)CC1. The molecule has 2 aromatic carbocycles. The molecule has 1 aliphatic heterocycles. The number of nitrogens with one attached hydrogen (secondary N) is 1. The first kappa shape index (κ1) is 17.1. The van der Waals surface area contributed by atoms with Crippen molar-refractivity contribution in [3.63, 3.8) is 0 Å². The Morgan fingerprint density at radius 2 is 1.73 bits per heavy atom. The molecule has 1 atom stereocenters. The maximum Gasteiger partial charge on any atom is 0.123 e. The van der Waals surface area contributed by atoms with Crippen molar-refractivity contribution < 1.29 is 4.39 Å². The van der Waals surface area contributed by atoms with Gasteiger partial charge in [-0.15, -0.1) is 0 Å². The highest BCUT2D eigenvalue weighted by Crippen LogP contribution is 2.20. The molecule has 1 aromatic heterocycles. The molecule has 3 aromatic rings. The fourth-order valence-electron chi connectivity index (χ4n) is 3.82. The smallest absolute Gasteiger partial charge is 0.123 e. The van der Waals surface area contributed by atoms with E-state index >= 15 is 0 Å². The highest BCUT2D eigenvalue weighted by atomic mass is 19.1. The maximum atomic E-state index is 13.1. The number of piperazine rings is 1. The quantitative estimate of drug-likeness (QED) is 0.742. The number of rotatable bonds is 5. The molecule has 2 heterocycles. The number of hydrogen-bond donors (Lipinski definition) is 2. The first-order valence-electron chi connectivity index (χ1n) is 9.22. The Labute approximate surface area is 153 Å². The van der Waals surface area contributed by atoms with Crippen LogP contribution >= 0.6 is 0 Å². The minimum absolute atomic E-state index is 0.117. The van der Waals surface area contributed by atoms with E-state index in [4.69, 9.17) is 5.73 Å². The van der Waals surface area contributed by atoms with Gasteiger partial charge in [0.2, 0.25) is 0 Å². The van der Waals surface area contributed by atoms with Crippen LogP contribution in [0.1, 0.15) is 5.56 Å². The highest BCUT2D eigenvalue weighted by molar-refractivity contribution is 5.83. The summed E-state index contributed by atoms with van der Waals surface area (Å²) in [5.74, 6) is -0.185. The number of H-pyrrole nitrogens is 1. The van der Waals surface area contributed by atoms with Crippen LogP contribution in [-0.4, -0.2) is 48.6 Å². The molecule has 0 amide bonds. The van der Waals surface area contributed by atoms with Gasteiger partial charge in [0.05, 0.1) is 0 Å². The predicted octanol–water partition coefficient (Wildman–Crippen LogP) is 3.00. The number of aromatic amines is 1. The molecular formula is C21H25FN4. The molecule has 1 saturated heterocycles. The monoisotopic (exact) mass is 352 g/mol. The summed E-state index contributed by atoms with van der Waals surface area (Å²) in [5.41, 5.74) is 9.99. The third-order valence-corrected chi connectivity index (χ3v) is 5.21. The number of para-hydroxylation sites is 1. The summed E-state index contributed by atoms with van der Waals surface area (Å²) >= 11 is 0. The van der Waals surface area contributed by atoms with Crippen LogP contribution in [0.3, 0.4) is 0 Å². The Bertz CT molecular complexity index is 850. The molecule has 4 nitrogen and oxygen atoms in total. The number of benzene rings is 2. The van der Waals surface area contributed by atoms with Crippen molar-refractivity contribution in [2.45, 2.75) is 12.5 Å². The number of anilines is 1. The van der Waals surface area contributed by atoms with Crippen molar-refractivity contribution in [1.29, 1.82) is 0 Å². The highest BCUT2D eigenvalue weighted by Gasteiger charge is 2.19. The van der Waals surface area contributed by atoms with Gasteiger partial charge in [0.1, 0.15) is 5.82 Å². The lowest BCUT2D eigenvalue weighted by Crippen LogP contribution is -2.50. The normalized spacial score (nSPS) is 16.9. The number of nitrogens with two attached hydrogens (primary N) is 1. The molecule has 3 N–H and O–H groups in total. The third kappa shape index (κ3) is 3.74. The zero-order valence-corrected chi connectivity index (χ0v) is 14.9. The van der Waals surface area contributed by atoms with Crippen LogP contribution in [0, 0.1) is 5.82 Å². The van der Waals surface area contributed by atoms with Gasteiger partial charge >= 0.3 is 0 Å². The van der Waals surface area contributed by atoms with Crippen molar-refractivity contribution >= 4 is 16.6 Å². The Balaban J connectivity index is 1.30. The lowest BCUT2D eigenvalue weighted by atomic mass is 10.0. The molecule has 0 aliphatic carbocycles. The standard InChI is InChI=1S/C21H25FN4/c22-17-5-7-19(8-6-17)26-11-9-25(10-12-26)15-18(23)13-16-14-24-21-4-2-1-3-20(16)21/h1-8,14,18,24H,9-13,15,23H2/t18-/m0/s1. The van der Waals surface area contributed by atoms with E-state index in [1.54, 1.807) is 0 Å². The van der Waals surface area contributed by atoms with Gasteiger partial charge in [0, 0.05) is 61.6 Å². The number of aromatic nitrogens is 1. The van der Waals surface area contributed by atoms with Gasteiger partial charge in [0.15, 0.2) is 0 Å². The molecule has 5 heteroatoms. The van der Waals surface area contributed by atoms with Crippen LogP contribution in [0.25, 0.3) is 10.9 Å². The van der Waals surface area contributed by atoms with Crippen LogP contribution in [0.5, 0.6) is 0 Å². The Morgan fingerprint density at radius 1 is 1.00 bits per heavy atom. The second kappa shape index (κ2) is 7.48. The fraction of sp³-hybridized carbons (Fsp3) is 0.333. The molecule has 0 radical (unpaired) electrons. The van der Waals surface area contributed by atoms with Gasteiger partial charge in [-0.3, -0.25) is 4.90 Å². The van der Waals surface area contributed by atoms with Gasteiger partial charge in [0.25, 0.3) is 0 Å². The molecule has 0 unspecified atom stereocenters. The number of fused-ring (bicyclic) bond motifs is 1. The molecule has 26 heavy (non-hydrogen) atoms. The molecule has 0 saturated carbocycles. The third-order valence-electron chi connectivity index (χ3n) is 5.21. The fourth-order valence-corrected chi connectivity index (χ4v) is 3.82. The molecule has 1 fully saturated rings. The van der Waals surface area contributed by atoms with Crippen LogP contribution in [0.2, 0.25) is 0 Å². The lowest BCUT2D eigenvalue weighted by Gasteiger charge is -2.37. The van der Waals surface area contributed by atoms with Gasteiger partial charge in [-0.1, -0.05) is 18.2 Å². The van der Waals surface area contributed by atoms with E-state index in [2.05, 4.69) is 39.2 Å². The molecule has 0 spiro atoms. The molecule has 0 bridgehead atoms. The second-order valence-electron chi connectivity index (χ2n) is 7.09. The summed E-state index contributed by atoms with van der Waals surface area (Å²) in [6.07, 6.45) is 2.96. The minimum Gasteiger partial charge on any atom is -0.369 e. The van der Waals surface area contributed by atoms with E-state index in [1.165, 1.54) is 28.6 Å². The van der Waals surface area contributed by atoms with E-state index in [-0.39, 0.29) is 11.9 Å². The van der Waals surface area contributed by atoms with Crippen LogP contribution in [0.15, 0.2) is 54.7 Å². The lowest BCUT2D eigenvalue weighted by molar-refractivity contribution is 0.242. The van der Waals surface area contributed by atoms with Crippen molar-refractivity contribution in [2.75, 3.05) is 37.6 Å². The average molecular weight is 352 g/mol. The second-order valence-corrected chi connectivity index (χ2v) is 7.09. The number of halogens is 1. The van der Waals surface area contributed by atoms with Gasteiger partial charge in [-0.2, -0.15) is 0 Å². The average Bonchev–Trinajstić information content (AvgIpc) is 3.06. The maximum absolute atomic E-state index is 13.1. The van der Waals surface area contributed by atoms with E-state index in [0.29, 0.717) is 0 Å². The molecular weight excluding hydrogens is 327 g/mol. The Hall–Kier alpha value is -2.37. The summed E-state index contributed by atoms with van der Waals surface area (Å²) in [5, 5.41) is 1.27. The van der Waals surface area contributed by atoms with Crippen molar-refractivity contribution in [1.82, 2.24) is 9.88 Å². The summed E-state index contributed by atoms with van der Waals surface area (Å²) in [6, 6.07) is 15.2. The van der Waals surface area contributed by atoms with Crippen molar-refractivity contribution in [3.8, 4) is 0 Å². The zero-order valence-electron chi connectivity index (χ0n) is 14.9. The Morgan fingerprint density at radius 3 is 2.50 bits per heavy atom. The molecule has 136 valence electrons. The van der Waals surface area contributed by atoms with Crippen LogP contribution in [-0.2, 0) is 6.42 Å². The van der Waals surface area contributed by atoms with Gasteiger partial charge in [-0.05, 0) is 42.3 Å². The summed E-state index contributed by atoms with van der Waals surface area (Å²) in [6.45, 7) is 4.77. The van der Waals surface area contributed by atoms with E-state index < -0.39 is 0 Å². The minimum atomic E-state index is -0.185.